The Labute approximate surface area is 163 Å². The van der Waals surface area contributed by atoms with Crippen LogP contribution in [0.15, 0.2) is 61.2 Å². The van der Waals surface area contributed by atoms with Crippen LogP contribution in [0, 0.1) is 0 Å². The fraction of sp³-hybridized carbons (Fsp3) is 0.0667. The molecule has 1 aromatic carbocycles. The van der Waals surface area contributed by atoms with Crippen LogP contribution in [0.2, 0.25) is 5.02 Å². The maximum absolute atomic E-state index is 12.9. The highest BCUT2D eigenvalue weighted by atomic mass is 35.5. The summed E-state index contributed by atoms with van der Waals surface area (Å²) in [5, 5.41) is 0.244. The van der Waals surface area contributed by atoms with E-state index in [0.717, 1.165) is 0 Å². The third kappa shape index (κ3) is 3.90. The van der Waals surface area contributed by atoms with E-state index in [4.69, 9.17) is 21.8 Å². The van der Waals surface area contributed by atoms with Crippen molar-refractivity contribution < 1.29 is 26.0 Å². The first-order chi connectivity index (χ1) is 12.6. The molecule has 3 rings (SSSR count). The van der Waals surface area contributed by atoms with Crippen LogP contribution in [0.25, 0.3) is 10.8 Å². The molecule has 2 heterocycles. The minimum absolute atomic E-state index is 0.194. The van der Waals surface area contributed by atoms with Gasteiger partial charge in [-0.2, -0.15) is 4.98 Å². The van der Waals surface area contributed by atoms with Crippen LogP contribution in [-0.4, -0.2) is 33.5 Å². The number of carbonyl (C=O) groups excluding carboxylic acids is 1. The number of benzene rings is 1. The summed E-state index contributed by atoms with van der Waals surface area (Å²) in [7, 11) is -8.83. The molecule has 3 aromatic rings. The van der Waals surface area contributed by atoms with Crippen molar-refractivity contribution in [3.05, 3.63) is 46.8 Å². The molecule has 0 spiro atoms. The fourth-order valence-electron chi connectivity index (χ4n) is 2.14. The summed E-state index contributed by atoms with van der Waals surface area (Å²) in [4.78, 5) is 15.2. The second-order valence-corrected chi connectivity index (χ2v) is 10.4. The van der Waals surface area contributed by atoms with Crippen LogP contribution in [-0.2, 0) is 24.5 Å². The zero-order valence-corrected chi connectivity index (χ0v) is 16.5. The van der Waals surface area contributed by atoms with Crippen LogP contribution in [0.1, 0.15) is 0 Å². The minimum atomic E-state index is -4.46. The molecule has 0 radical (unpaired) electrons. The summed E-state index contributed by atoms with van der Waals surface area (Å²) in [5.41, 5.74) is 4.96. The molecule has 0 aliphatic carbocycles. The molecule has 0 aliphatic heterocycles. The Hall–Kier alpha value is -2.21. The first-order valence-electron chi connectivity index (χ1n) is 7.18. The number of carbonyl (C=O) groups is 1. The van der Waals surface area contributed by atoms with E-state index in [1.807, 2.05) is 0 Å². The van der Waals surface area contributed by atoms with E-state index in [1.54, 1.807) is 17.5 Å². The Bertz CT molecular complexity index is 1200. The van der Waals surface area contributed by atoms with Gasteiger partial charge in [0.05, 0.1) is 9.77 Å². The first kappa shape index (κ1) is 19.5. The molecule has 0 saturated carbocycles. The van der Waals surface area contributed by atoms with Gasteiger partial charge < -0.3 is 10.2 Å². The van der Waals surface area contributed by atoms with Gasteiger partial charge in [-0.3, -0.25) is 4.79 Å². The number of oxazole rings is 1. The average Bonchev–Trinajstić information content (AvgIpc) is 3.24. The Kier molecular flexibility index (Phi) is 5.12. The molecule has 0 saturated heterocycles. The lowest BCUT2D eigenvalue weighted by Gasteiger charge is -2.04. The molecule has 2 aromatic heterocycles. The van der Waals surface area contributed by atoms with Crippen molar-refractivity contribution in [2.45, 2.75) is 15.0 Å². The predicted molar refractivity (Wildman–Crippen MR) is 98.0 cm³/mol. The quantitative estimate of drug-likeness (QED) is 0.612. The van der Waals surface area contributed by atoms with Crippen LogP contribution in [0.5, 0.6) is 0 Å². The molecule has 8 nitrogen and oxygen atoms in total. The Morgan fingerprint density at radius 3 is 2.37 bits per heavy atom. The smallest absolute Gasteiger partial charge is 0.258 e. The van der Waals surface area contributed by atoms with Crippen molar-refractivity contribution >= 4 is 48.5 Å². The van der Waals surface area contributed by atoms with Gasteiger partial charge in [0.1, 0.15) is 5.75 Å². The van der Waals surface area contributed by atoms with Gasteiger partial charge in [0, 0.05) is 5.02 Å². The summed E-state index contributed by atoms with van der Waals surface area (Å²) in [6.07, 6.45) is 0. The van der Waals surface area contributed by atoms with E-state index in [1.165, 1.54) is 35.6 Å². The maximum atomic E-state index is 12.9. The lowest BCUT2D eigenvalue weighted by atomic mass is 10.4. The van der Waals surface area contributed by atoms with Crippen molar-refractivity contribution in [3.63, 3.8) is 0 Å². The molecule has 0 unspecified atom stereocenters. The summed E-state index contributed by atoms with van der Waals surface area (Å²) in [5.74, 6) is -2.46. The van der Waals surface area contributed by atoms with Crippen molar-refractivity contribution in [3.8, 4) is 10.8 Å². The zero-order chi connectivity index (χ0) is 19.8. The van der Waals surface area contributed by atoms with E-state index < -0.39 is 41.5 Å². The van der Waals surface area contributed by atoms with Crippen molar-refractivity contribution in [2.75, 3.05) is 5.75 Å². The highest BCUT2D eigenvalue weighted by Gasteiger charge is 2.36. The third-order valence-electron chi connectivity index (χ3n) is 3.29. The molecule has 27 heavy (non-hydrogen) atoms. The van der Waals surface area contributed by atoms with Gasteiger partial charge in [0.15, 0.2) is 0 Å². The van der Waals surface area contributed by atoms with Crippen LogP contribution >= 0.6 is 22.9 Å². The van der Waals surface area contributed by atoms with Gasteiger partial charge in [-0.25, -0.2) is 16.8 Å². The maximum Gasteiger partial charge on any atom is 0.258 e. The predicted octanol–water partition coefficient (Wildman–Crippen LogP) is 2.15. The molecule has 0 aliphatic rings. The number of amides is 1. The monoisotopic (exact) mass is 446 g/mol. The van der Waals surface area contributed by atoms with E-state index in [2.05, 4.69) is 4.98 Å². The van der Waals surface area contributed by atoms with Gasteiger partial charge in [-0.05, 0) is 35.7 Å². The second kappa shape index (κ2) is 7.08. The Morgan fingerprint density at radius 2 is 1.81 bits per heavy atom. The second-order valence-electron chi connectivity index (χ2n) is 5.27. The van der Waals surface area contributed by atoms with Gasteiger partial charge in [0.2, 0.25) is 36.5 Å². The number of rotatable bonds is 6. The van der Waals surface area contributed by atoms with E-state index >= 15 is 0 Å². The molecule has 2 N–H and O–H groups in total. The zero-order valence-electron chi connectivity index (χ0n) is 13.3. The standard InChI is InChI=1S/C15H11ClN2O6S3/c16-9-3-5-10(6-4-9)27(22,23)14-15(26(20,21)8-12(17)19)24-13(18-14)11-2-1-7-25-11/h1-7H,8H2,(H2,17,19). The van der Waals surface area contributed by atoms with Crippen molar-refractivity contribution in [1.29, 1.82) is 0 Å². The van der Waals surface area contributed by atoms with Gasteiger partial charge in [-0.1, -0.05) is 17.7 Å². The summed E-state index contributed by atoms with van der Waals surface area (Å²) < 4.78 is 56.1. The van der Waals surface area contributed by atoms with E-state index in [0.29, 0.717) is 9.90 Å². The highest BCUT2D eigenvalue weighted by molar-refractivity contribution is 7.94. The molecular weight excluding hydrogens is 436 g/mol. The summed E-state index contributed by atoms with van der Waals surface area (Å²) in [6.45, 7) is 0. The van der Waals surface area contributed by atoms with Crippen LogP contribution in [0.4, 0.5) is 0 Å². The molecule has 1 amide bonds. The Morgan fingerprint density at radius 1 is 1.15 bits per heavy atom. The van der Waals surface area contributed by atoms with E-state index in [9.17, 15) is 21.6 Å². The normalized spacial score (nSPS) is 12.2. The summed E-state index contributed by atoms with van der Waals surface area (Å²) >= 11 is 6.94. The van der Waals surface area contributed by atoms with Gasteiger partial charge in [0.25, 0.3) is 5.09 Å². The number of thiophene rings is 1. The lowest BCUT2D eigenvalue weighted by Crippen LogP contribution is -2.24. The number of hydrogen-bond acceptors (Lipinski definition) is 8. The van der Waals surface area contributed by atoms with Gasteiger partial charge in [-0.15, -0.1) is 11.3 Å². The SMILES string of the molecule is NC(=O)CS(=O)(=O)c1oc(-c2cccs2)nc1S(=O)(=O)c1ccc(Cl)cc1. The fourth-order valence-corrected chi connectivity index (χ4v) is 5.83. The minimum Gasteiger partial charge on any atom is -0.422 e. The number of hydrogen-bond donors (Lipinski definition) is 1. The number of nitrogens with two attached hydrogens (primary N) is 1. The number of aromatic nitrogens is 1. The largest absolute Gasteiger partial charge is 0.422 e. The highest BCUT2D eigenvalue weighted by Crippen LogP contribution is 2.34. The average molecular weight is 447 g/mol. The number of halogens is 1. The van der Waals surface area contributed by atoms with Crippen molar-refractivity contribution in [2.24, 2.45) is 5.73 Å². The molecule has 12 heteroatoms. The van der Waals surface area contributed by atoms with E-state index in [-0.39, 0.29) is 10.8 Å². The number of primary amides is 1. The number of nitrogens with zero attached hydrogens (tertiary/aromatic N) is 1. The lowest BCUT2D eigenvalue weighted by molar-refractivity contribution is -0.115. The topological polar surface area (TPSA) is 137 Å². The van der Waals surface area contributed by atoms with Crippen molar-refractivity contribution in [1.82, 2.24) is 4.98 Å². The molecule has 0 atom stereocenters. The molecule has 0 fully saturated rings. The van der Waals surface area contributed by atoms with Crippen LogP contribution < -0.4 is 5.73 Å². The summed E-state index contributed by atoms with van der Waals surface area (Å²) in [6, 6.07) is 8.34. The van der Waals surface area contributed by atoms with Gasteiger partial charge >= 0.3 is 0 Å². The number of sulfone groups is 2. The molecule has 0 bridgehead atoms. The third-order valence-corrected chi connectivity index (χ3v) is 7.72. The first-order valence-corrected chi connectivity index (χ1v) is 11.6. The Balaban J connectivity index is 2.24. The molecular formula is C15H11ClN2O6S3. The van der Waals surface area contributed by atoms with Crippen LogP contribution in [0.3, 0.4) is 0 Å². The molecule has 142 valence electrons.